The van der Waals surface area contributed by atoms with E-state index >= 15 is 4.39 Å². The van der Waals surface area contributed by atoms with E-state index in [1.54, 1.807) is 42.6 Å². The number of aliphatic hydroxyl groups is 1. The van der Waals surface area contributed by atoms with Crippen LogP contribution in [-0.4, -0.2) is 59.4 Å². The predicted octanol–water partition coefficient (Wildman–Crippen LogP) is 5.48. The van der Waals surface area contributed by atoms with Gasteiger partial charge in [-0.1, -0.05) is 17.7 Å². The summed E-state index contributed by atoms with van der Waals surface area (Å²) < 4.78 is 32.8. The lowest BCUT2D eigenvalue weighted by Crippen LogP contribution is -2.38. The number of nitrogens with one attached hydrogen (secondary N) is 3. The van der Waals surface area contributed by atoms with Gasteiger partial charge in [0.05, 0.1) is 17.7 Å². The number of carbonyl (C=O) groups is 2. The van der Waals surface area contributed by atoms with E-state index in [1.807, 2.05) is 19.1 Å². The molecule has 47 heavy (non-hydrogen) atoms. The Hall–Kier alpha value is -4.58. The zero-order chi connectivity index (χ0) is 32.6. The Morgan fingerprint density at radius 3 is 2.43 bits per heavy atom. The van der Waals surface area contributed by atoms with Crippen LogP contribution in [0.2, 0.25) is 0 Å². The number of benzene rings is 3. The summed E-state index contributed by atoms with van der Waals surface area (Å²) in [6.45, 7) is 3.15. The van der Waals surface area contributed by atoms with Gasteiger partial charge in [0.2, 0.25) is 11.8 Å². The Labute approximate surface area is 271 Å². The number of rotatable bonds is 12. The van der Waals surface area contributed by atoms with Gasteiger partial charge in [-0.3, -0.25) is 14.6 Å². The highest BCUT2D eigenvalue weighted by Gasteiger charge is 2.56. The van der Waals surface area contributed by atoms with E-state index < -0.39 is 23.2 Å². The summed E-state index contributed by atoms with van der Waals surface area (Å²) >= 11 is 0. The lowest BCUT2D eigenvalue weighted by molar-refractivity contribution is -0.131. The van der Waals surface area contributed by atoms with E-state index in [9.17, 15) is 14.7 Å². The van der Waals surface area contributed by atoms with E-state index in [-0.39, 0.29) is 35.6 Å². The number of fused-ring (bicyclic) bond motifs is 1. The van der Waals surface area contributed by atoms with Crippen LogP contribution in [0.15, 0.2) is 72.9 Å². The second kappa shape index (κ2) is 12.6. The highest BCUT2D eigenvalue weighted by Crippen LogP contribution is 2.48. The van der Waals surface area contributed by atoms with Gasteiger partial charge in [0.25, 0.3) is 0 Å². The third kappa shape index (κ3) is 6.92. The van der Waals surface area contributed by atoms with Crippen molar-refractivity contribution in [2.45, 2.75) is 56.8 Å². The first-order chi connectivity index (χ1) is 22.7. The number of pyridine rings is 1. The van der Waals surface area contributed by atoms with Crippen molar-refractivity contribution >= 4 is 34.1 Å². The molecule has 1 aromatic heterocycles. The van der Waals surface area contributed by atoms with Crippen molar-refractivity contribution in [3.63, 3.8) is 0 Å². The fourth-order valence-corrected chi connectivity index (χ4v) is 5.90. The quantitative estimate of drug-likeness (QED) is 0.150. The minimum atomic E-state index is -1.19. The number of aryl methyl sites for hydroxylation is 1. The normalized spacial score (nSPS) is 19.3. The maximum Gasteiger partial charge on any atom is 0.240 e. The number of amides is 2. The SMILES string of the molecule is Cc1ccc(NC(=O)C2(C(=O)Nc3ccc(Oc4ccnc5cc(OC[C@@H](O)CNC6COC7(CC7)C6)ccc45)c(F)c3)CC2)cc1. The highest BCUT2D eigenvalue weighted by molar-refractivity contribution is 6.16. The summed E-state index contributed by atoms with van der Waals surface area (Å²) in [5, 5.41) is 19.9. The van der Waals surface area contributed by atoms with Crippen molar-refractivity contribution in [2.24, 2.45) is 5.41 Å². The van der Waals surface area contributed by atoms with E-state index in [1.165, 1.54) is 18.2 Å². The van der Waals surface area contributed by atoms with Crippen molar-refractivity contribution in [2.75, 3.05) is 30.4 Å². The molecule has 2 heterocycles. The first-order valence-corrected chi connectivity index (χ1v) is 15.9. The second-order valence-corrected chi connectivity index (χ2v) is 12.9. The lowest BCUT2D eigenvalue weighted by Gasteiger charge is -2.17. The minimum absolute atomic E-state index is 0.0371. The third-order valence-electron chi connectivity index (χ3n) is 9.11. The fraction of sp³-hybridized carbons (Fsp3) is 0.361. The Balaban J connectivity index is 0.941. The standard InChI is InChI=1S/C36H37FN4O6/c1-22-2-4-23(5-3-22)40-33(43)36(13-14-36)34(44)41-24-6-9-32(29(37)16-24)47-31-10-15-38-30-17-27(7-8-28(30)31)45-21-26(42)19-39-25-18-35(11-12-35)46-20-25/h2-10,15-17,25-26,39,42H,11-14,18-21H2,1H3,(H,40,43)(H,41,44)/t25?,26-/m0/s1. The molecule has 3 aromatic carbocycles. The average Bonchev–Trinajstić information content (AvgIpc) is 3.99. The Bertz CT molecular complexity index is 1810. The Morgan fingerprint density at radius 2 is 1.72 bits per heavy atom. The van der Waals surface area contributed by atoms with Crippen LogP contribution in [0, 0.1) is 18.2 Å². The minimum Gasteiger partial charge on any atom is -0.491 e. The van der Waals surface area contributed by atoms with Gasteiger partial charge in [0, 0.05) is 47.7 Å². The first kappa shape index (κ1) is 31.0. The molecule has 2 atom stereocenters. The molecule has 2 saturated carbocycles. The zero-order valence-corrected chi connectivity index (χ0v) is 26.1. The molecule has 1 aliphatic heterocycles. The molecule has 4 N–H and O–H groups in total. The van der Waals surface area contributed by atoms with Crippen LogP contribution in [0.3, 0.4) is 0 Å². The lowest BCUT2D eigenvalue weighted by atomic mass is 10.0. The molecule has 3 aliphatic rings. The van der Waals surface area contributed by atoms with Gasteiger partial charge in [0.15, 0.2) is 11.6 Å². The fourth-order valence-electron chi connectivity index (χ4n) is 5.90. The summed E-state index contributed by atoms with van der Waals surface area (Å²) in [4.78, 5) is 30.4. The van der Waals surface area contributed by atoms with Gasteiger partial charge >= 0.3 is 0 Å². The maximum absolute atomic E-state index is 15.2. The molecule has 1 saturated heterocycles. The van der Waals surface area contributed by atoms with Crippen LogP contribution in [0.4, 0.5) is 15.8 Å². The van der Waals surface area contributed by atoms with Gasteiger partial charge in [-0.15, -0.1) is 0 Å². The summed E-state index contributed by atoms with van der Waals surface area (Å²) in [5.41, 5.74) is 1.38. The maximum atomic E-state index is 15.2. The predicted molar refractivity (Wildman–Crippen MR) is 174 cm³/mol. The third-order valence-corrected chi connectivity index (χ3v) is 9.11. The molecule has 1 unspecified atom stereocenters. The van der Waals surface area contributed by atoms with Crippen LogP contribution in [0.1, 0.15) is 37.7 Å². The second-order valence-electron chi connectivity index (χ2n) is 12.9. The van der Waals surface area contributed by atoms with Crippen LogP contribution in [0.25, 0.3) is 10.9 Å². The number of hydrogen-bond donors (Lipinski definition) is 4. The summed E-state index contributed by atoms with van der Waals surface area (Å²) in [7, 11) is 0. The Kier molecular flexibility index (Phi) is 8.29. The molecule has 7 rings (SSSR count). The van der Waals surface area contributed by atoms with Crippen molar-refractivity contribution in [3.05, 3.63) is 84.3 Å². The molecular weight excluding hydrogens is 603 g/mol. The van der Waals surface area contributed by atoms with Gasteiger partial charge in [0.1, 0.15) is 29.6 Å². The zero-order valence-electron chi connectivity index (χ0n) is 26.1. The average molecular weight is 641 g/mol. The topological polar surface area (TPSA) is 131 Å². The molecule has 1 spiro atoms. The monoisotopic (exact) mass is 640 g/mol. The number of aliphatic hydroxyl groups excluding tert-OH is 1. The molecule has 3 fully saturated rings. The van der Waals surface area contributed by atoms with Gasteiger partial charge < -0.3 is 35.3 Å². The van der Waals surface area contributed by atoms with Crippen LogP contribution >= 0.6 is 0 Å². The summed E-state index contributed by atoms with van der Waals surface area (Å²) in [5.74, 6) is -0.655. The highest BCUT2D eigenvalue weighted by atomic mass is 19.1. The molecule has 2 amide bonds. The molecule has 0 radical (unpaired) electrons. The van der Waals surface area contributed by atoms with Crippen molar-refractivity contribution in [3.8, 4) is 17.2 Å². The van der Waals surface area contributed by atoms with Crippen molar-refractivity contribution < 1.29 is 33.3 Å². The Morgan fingerprint density at radius 1 is 0.979 bits per heavy atom. The van der Waals surface area contributed by atoms with E-state index in [4.69, 9.17) is 14.2 Å². The van der Waals surface area contributed by atoms with Crippen LogP contribution in [0.5, 0.6) is 17.2 Å². The van der Waals surface area contributed by atoms with Gasteiger partial charge in [-0.25, -0.2) is 4.39 Å². The molecule has 4 aromatic rings. The smallest absolute Gasteiger partial charge is 0.240 e. The summed E-state index contributed by atoms with van der Waals surface area (Å²) in [6.07, 6.45) is 4.93. The number of anilines is 2. The number of aromatic nitrogens is 1. The molecular formula is C36H37FN4O6. The van der Waals surface area contributed by atoms with Crippen molar-refractivity contribution in [1.82, 2.24) is 10.3 Å². The van der Waals surface area contributed by atoms with Crippen LogP contribution in [-0.2, 0) is 14.3 Å². The first-order valence-electron chi connectivity index (χ1n) is 15.9. The number of ether oxygens (including phenoxy) is 3. The molecule has 10 nitrogen and oxygen atoms in total. The molecule has 0 bridgehead atoms. The molecule has 11 heteroatoms. The number of hydrogen-bond acceptors (Lipinski definition) is 8. The van der Waals surface area contributed by atoms with Gasteiger partial charge in [-0.05, 0) is 81.5 Å². The number of carbonyl (C=O) groups excluding carboxylic acids is 2. The van der Waals surface area contributed by atoms with E-state index in [0.29, 0.717) is 54.1 Å². The molecule has 244 valence electrons. The largest absolute Gasteiger partial charge is 0.491 e. The van der Waals surface area contributed by atoms with E-state index in [2.05, 4.69) is 20.9 Å². The van der Waals surface area contributed by atoms with Crippen molar-refractivity contribution in [1.29, 1.82) is 0 Å². The van der Waals surface area contributed by atoms with E-state index in [0.717, 1.165) is 24.8 Å². The molecule has 2 aliphatic carbocycles. The van der Waals surface area contributed by atoms with Gasteiger partial charge in [-0.2, -0.15) is 0 Å². The summed E-state index contributed by atoms with van der Waals surface area (Å²) in [6, 6.07) is 18.6. The number of halogens is 1. The van der Waals surface area contributed by atoms with Crippen LogP contribution < -0.4 is 25.4 Å². The number of nitrogens with zero attached hydrogens (tertiary/aromatic N) is 1.